The lowest BCUT2D eigenvalue weighted by atomic mass is 9.81. The van der Waals surface area contributed by atoms with Crippen LogP contribution in [0.25, 0.3) is 21.9 Å². The highest BCUT2D eigenvalue weighted by molar-refractivity contribution is 7.81. The number of rotatable bonds is 12. The van der Waals surface area contributed by atoms with Crippen LogP contribution in [0.2, 0.25) is 0 Å². The highest BCUT2D eigenvalue weighted by Gasteiger charge is 2.38. The van der Waals surface area contributed by atoms with Crippen LogP contribution in [0.15, 0.2) is 24.3 Å². The molecule has 1 aliphatic heterocycles. The summed E-state index contributed by atoms with van der Waals surface area (Å²) in [5.74, 6) is 1.78. The Labute approximate surface area is 241 Å². The molecule has 40 heavy (non-hydrogen) atoms. The SMILES string of the molecule is CCCCc1nc2c(N)nc3ccccc3c2n1CCCCN[C@H](O)C1CCC(CN2C(=O)CC(S)C2=O)CC1. The van der Waals surface area contributed by atoms with Gasteiger partial charge in [0.15, 0.2) is 5.82 Å². The average Bonchev–Trinajstić information content (AvgIpc) is 3.44. The molecule has 9 nitrogen and oxygen atoms in total. The summed E-state index contributed by atoms with van der Waals surface area (Å²) in [7, 11) is 0. The summed E-state index contributed by atoms with van der Waals surface area (Å²) in [4.78, 5) is 35.1. The van der Waals surface area contributed by atoms with E-state index in [2.05, 4.69) is 40.5 Å². The van der Waals surface area contributed by atoms with Crippen LogP contribution in [0, 0.1) is 11.8 Å². The summed E-state index contributed by atoms with van der Waals surface area (Å²) in [6.45, 7) is 4.26. The van der Waals surface area contributed by atoms with Gasteiger partial charge in [-0.2, -0.15) is 12.6 Å². The number of aliphatic hydroxyl groups is 1. The van der Waals surface area contributed by atoms with Crippen LogP contribution in [0.1, 0.15) is 70.5 Å². The van der Waals surface area contributed by atoms with Gasteiger partial charge in [0, 0.05) is 31.3 Å². The smallest absolute Gasteiger partial charge is 0.242 e. The molecule has 1 aromatic carbocycles. The Bertz CT molecular complexity index is 1350. The Kier molecular flexibility index (Phi) is 9.27. The molecule has 2 aliphatic rings. The summed E-state index contributed by atoms with van der Waals surface area (Å²) >= 11 is 4.22. The minimum absolute atomic E-state index is 0.108. The van der Waals surface area contributed by atoms with Gasteiger partial charge in [-0.25, -0.2) is 9.97 Å². The van der Waals surface area contributed by atoms with Crippen LogP contribution in [-0.2, 0) is 22.6 Å². The molecule has 1 aliphatic carbocycles. The zero-order chi connectivity index (χ0) is 28.2. The minimum Gasteiger partial charge on any atom is -0.382 e. The van der Waals surface area contributed by atoms with Gasteiger partial charge in [0.1, 0.15) is 17.6 Å². The van der Waals surface area contributed by atoms with Crippen LogP contribution >= 0.6 is 12.6 Å². The Morgan fingerprint density at radius 1 is 1.12 bits per heavy atom. The highest BCUT2D eigenvalue weighted by atomic mass is 32.1. The van der Waals surface area contributed by atoms with Crippen molar-refractivity contribution in [2.75, 3.05) is 18.8 Å². The lowest BCUT2D eigenvalue weighted by Crippen LogP contribution is -2.41. The number of aliphatic hydroxyl groups excluding tert-OH is 1. The van der Waals surface area contributed by atoms with E-state index in [9.17, 15) is 14.7 Å². The Morgan fingerprint density at radius 3 is 2.62 bits per heavy atom. The number of aryl methyl sites for hydroxylation is 2. The molecule has 2 amide bonds. The number of imide groups is 1. The molecule has 2 aromatic heterocycles. The second-order valence-corrected chi connectivity index (χ2v) is 12.1. The minimum atomic E-state index is -0.540. The number of unbranched alkanes of at least 4 members (excludes halogenated alkanes) is 2. The molecule has 3 aromatic rings. The number of hydrogen-bond acceptors (Lipinski definition) is 8. The number of hydrogen-bond donors (Lipinski definition) is 4. The predicted octanol–water partition coefficient (Wildman–Crippen LogP) is 4.06. The maximum atomic E-state index is 12.2. The molecule has 2 atom stereocenters. The van der Waals surface area contributed by atoms with E-state index in [-0.39, 0.29) is 24.2 Å². The van der Waals surface area contributed by atoms with Crippen molar-refractivity contribution in [1.82, 2.24) is 24.8 Å². The van der Waals surface area contributed by atoms with Crippen LogP contribution in [-0.4, -0.2) is 60.9 Å². The highest BCUT2D eigenvalue weighted by Crippen LogP contribution is 2.33. The number of pyridine rings is 1. The summed E-state index contributed by atoms with van der Waals surface area (Å²) < 4.78 is 2.33. The van der Waals surface area contributed by atoms with Gasteiger partial charge in [0.2, 0.25) is 11.8 Å². The molecule has 0 radical (unpaired) electrons. The third-order valence-corrected chi connectivity index (χ3v) is 9.01. The normalized spacial score (nSPS) is 22.6. The largest absolute Gasteiger partial charge is 0.382 e. The molecule has 1 saturated heterocycles. The average molecular weight is 567 g/mol. The van der Waals surface area contributed by atoms with E-state index in [1.54, 1.807) is 0 Å². The molecule has 10 heteroatoms. The number of nitrogen functional groups attached to an aromatic ring is 1. The summed E-state index contributed by atoms with van der Waals surface area (Å²) in [5, 5.41) is 14.7. The van der Waals surface area contributed by atoms with E-state index < -0.39 is 11.5 Å². The number of imidazole rings is 1. The number of likely N-dealkylation sites (tertiary alicyclic amines) is 1. The Balaban J connectivity index is 1.12. The fourth-order valence-corrected chi connectivity index (χ4v) is 6.58. The number of thiol groups is 1. The Morgan fingerprint density at radius 2 is 1.90 bits per heavy atom. The monoisotopic (exact) mass is 566 g/mol. The number of carbonyl (C=O) groups excluding carboxylic acids is 2. The van der Waals surface area contributed by atoms with Gasteiger partial charge in [-0.1, -0.05) is 31.5 Å². The van der Waals surface area contributed by atoms with Crippen molar-refractivity contribution in [3.63, 3.8) is 0 Å². The maximum absolute atomic E-state index is 12.2. The second kappa shape index (κ2) is 12.9. The number of para-hydroxylation sites is 1. The van der Waals surface area contributed by atoms with Gasteiger partial charge in [-0.05, 0) is 69.4 Å². The fourth-order valence-electron chi connectivity index (χ4n) is 6.29. The number of anilines is 1. The summed E-state index contributed by atoms with van der Waals surface area (Å²) in [6, 6.07) is 8.10. The van der Waals surface area contributed by atoms with Crippen molar-refractivity contribution < 1.29 is 14.7 Å². The van der Waals surface area contributed by atoms with E-state index in [1.165, 1.54) is 4.90 Å². The van der Waals surface area contributed by atoms with E-state index in [1.807, 2.05) is 18.2 Å². The van der Waals surface area contributed by atoms with Crippen LogP contribution < -0.4 is 11.1 Å². The number of nitrogens with zero attached hydrogens (tertiary/aromatic N) is 4. The molecule has 0 bridgehead atoms. The molecule has 1 saturated carbocycles. The third kappa shape index (κ3) is 6.14. The standard InChI is InChI=1S/C30H42N6O3S/c1-2-3-10-24-34-26-27(21-8-4-5-9-22(21)33-28(26)31)35(24)16-7-6-15-32-29(38)20-13-11-19(12-14-20)18-36-25(37)17-23(40)30(36)39/h4-5,8-9,19-20,23,29,32,38,40H,2-3,6-7,10-18H2,1H3,(H2,31,33)/t19?,20?,23?,29-/m1/s1. The van der Waals surface area contributed by atoms with E-state index >= 15 is 0 Å². The van der Waals surface area contributed by atoms with Crippen LogP contribution in [0.4, 0.5) is 5.82 Å². The molecular weight excluding hydrogens is 524 g/mol. The zero-order valence-corrected chi connectivity index (χ0v) is 24.3. The first-order chi connectivity index (χ1) is 19.4. The van der Waals surface area contributed by atoms with Gasteiger partial charge in [-0.3, -0.25) is 19.8 Å². The van der Waals surface area contributed by atoms with Crippen molar-refractivity contribution in [2.24, 2.45) is 11.8 Å². The number of fused-ring (bicyclic) bond motifs is 3. The van der Waals surface area contributed by atoms with Gasteiger partial charge in [-0.15, -0.1) is 0 Å². The first-order valence-corrected chi connectivity index (χ1v) is 15.4. The number of aromatic nitrogens is 3. The van der Waals surface area contributed by atoms with Crippen molar-refractivity contribution in [1.29, 1.82) is 0 Å². The number of nitrogens with two attached hydrogens (primary N) is 1. The first-order valence-electron chi connectivity index (χ1n) is 14.8. The van der Waals surface area contributed by atoms with E-state index in [4.69, 9.17) is 10.7 Å². The predicted molar refractivity (Wildman–Crippen MR) is 161 cm³/mol. The van der Waals surface area contributed by atoms with Crippen molar-refractivity contribution in [3.05, 3.63) is 30.1 Å². The topological polar surface area (TPSA) is 126 Å². The van der Waals surface area contributed by atoms with Crippen molar-refractivity contribution >= 4 is 52.2 Å². The van der Waals surface area contributed by atoms with Gasteiger partial charge in [0.25, 0.3) is 0 Å². The Hall–Kier alpha value is -2.69. The van der Waals surface area contributed by atoms with Crippen LogP contribution in [0.3, 0.4) is 0 Å². The molecule has 216 valence electrons. The van der Waals surface area contributed by atoms with E-state index in [0.29, 0.717) is 18.3 Å². The number of benzene rings is 1. The summed E-state index contributed by atoms with van der Waals surface area (Å²) in [5.41, 5.74) is 9.07. The first kappa shape index (κ1) is 28.8. The lowest BCUT2D eigenvalue weighted by Gasteiger charge is -2.33. The molecule has 1 unspecified atom stereocenters. The van der Waals surface area contributed by atoms with E-state index in [0.717, 1.165) is 98.6 Å². The van der Waals surface area contributed by atoms with Gasteiger partial charge < -0.3 is 15.4 Å². The van der Waals surface area contributed by atoms with Gasteiger partial charge >= 0.3 is 0 Å². The molecule has 0 spiro atoms. The quantitative estimate of drug-likeness (QED) is 0.113. The third-order valence-electron chi connectivity index (χ3n) is 8.60. The number of amides is 2. The van der Waals surface area contributed by atoms with Crippen LogP contribution in [0.5, 0.6) is 0 Å². The van der Waals surface area contributed by atoms with Crippen molar-refractivity contribution in [2.45, 2.75) is 89.2 Å². The molecule has 5 rings (SSSR count). The molecule has 2 fully saturated rings. The number of nitrogens with one attached hydrogen (secondary N) is 1. The lowest BCUT2D eigenvalue weighted by molar-refractivity contribution is -0.139. The molecule has 4 N–H and O–H groups in total. The zero-order valence-electron chi connectivity index (χ0n) is 23.4. The molecular formula is C30H42N6O3S. The maximum Gasteiger partial charge on any atom is 0.242 e. The second-order valence-electron chi connectivity index (χ2n) is 11.4. The number of carbonyl (C=O) groups is 2. The summed E-state index contributed by atoms with van der Waals surface area (Å²) in [6.07, 6.45) is 8.26. The van der Waals surface area contributed by atoms with Gasteiger partial charge in [0.05, 0.1) is 16.3 Å². The molecule has 3 heterocycles. The van der Waals surface area contributed by atoms with Crippen molar-refractivity contribution in [3.8, 4) is 0 Å². The fraction of sp³-hybridized carbons (Fsp3) is 0.600.